The fraction of sp³-hybridized carbons (Fsp3) is 0.467. The minimum Gasteiger partial charge on any atom is -0.339 e. The van der Waals surface area contributed by atoms with E-state index in [1.165, 1.54) is 4.90 Å². The van der Waals surface area contributed by atoms with Crippen molar-refractivity contribution in [2.24, 2.45) is 5.73 Å². The van der Waals surface area contributed by atoms with Crippen LogP contribution in [-0.4, -0.2) is 16.2 Å². The zero-order valence-corrected chi connectivity index (χ0v) is 14.1. The lowest BCUT2D eigenvalue weighted by molar-refractivity contribution is 0.300. The highest BCUT2D eigenvalue weighted by Crippen LogP contribution is 2.32. The highest BCUT2D eigenvalue weighted by atomic mass is 79.9. The Morgan fingerprint density at radius 1 is 1.24 bits per heavy atom. The van der Waals surface area contributed by atoms with Crippen LogP contribution in [0.25, 0.3) is 0 Å². The van der Waals surface area contributed by atoms with Crippen LogP contribution in [0.15, 0.2) is 38.2 Å². The van der Waals surface area contributed by atoms with E-state index in [-0.39, 0.29) is 0 Å². The number of nitrogens with two attached hydrogens (primary N) is 1. The van der Waals surface area contributed by atoms with E-state index in [2.05, 4.69) is 32.1 Å². The normalized spacial score (nSPS) is 22.4. The number of hydrogen-bond donors (Lipinski definition) is 1. The monoisotopic (exact) mass is 367 g/mol. The number of thioether (sulfide) groups is 1. The average Bonchev–Trinajstić information content (AvgIpc) is 2.96. The SMILES string of the molecule is NC1CCC(c2nc(CSc3ccccc3Br)no2)CC1. The minimum atomic E-state index is 0.342. The second-order valence-corrected chi connectivity index (χ2v) is 7.25. The van der Waals surface area contributed by atoms with Gasteiger partial charge in [0.2, 0.25) is 5.89 Å². The molecule has 4 nitrogen and oxygen atoms in total. The molecule has 21 heavy (non-hydrogen) atoms. The number of halogens is 1. The van der Waals surface area contributed by atoms with Crippen molar-refractivity contribution < 1.29 is 4.52 Å². The van der Waals surface area contributed by atoms with Gasteiger partial charge in [-0.15, -0.1) is 11.8 Å². The molecule has 0 atom stereocenters. The van der Waals surface area contributed by atoms with Gasteiger partial charge in [0.15, 0.2) is 5.82 Å². The lowest BCUT2D eigenvalue weighted by Gasteiger charge is -2.22. The third-order valence-corrected chi connectivity index (χ3v) is 5.82. The highest BCUT2D eigenvalue weighted by Gasteiger charge is 2.24. The molecule has 0 amide bonds. The summed E-state index contributed by atoms with van der Waals surface area (Å²) in [6, 6.07) is 8.50. The lowest BCUT2D eigenvalue weighted by Crippen LogP contribution is -2.25. The van der Waals surface area contributed by atoms with Gasteiger partial charge in [-0.2, -0.15) is 4.98 Å². The third kappa shape index (κ3) is 3.87. The van der Waals surface area contributed by atoms with Gasteiger partial charge >= 0.3 is 0 Å². The highest BCUT2D eigenvalue weighted by molar-refractivity contribution is 9.10. The second-order valence-electron chi connectivity index (χ2n) is 5.38. The fourth-order valence-electron chi connectivity index (χ4n) is 2.56. The Kier molecular flexibility index (Phi) is 4.98. The minimum absolute atomic E-state index is 0.342. The van der Waals surface area contributed by atoms with E-state index in [0.717, 1.165) is 47.6 Å². The molecule has 0 radical (unpaired) electrons. The molecule has 1 aromatic heterocycles. The largest absolute Gasteiger partial charge is 0.339 e. The summed E-state index contributed by atoms with van der Waals surface area (Å²) in [6.45, 7) is 0. The van der Waals surface area contributed by atoms with Crippen molar-refractivity contribution >= 4 is 27.7 Å². The Labute approximate surface area is 137 Å². The molecule has 2 aromatic rings. The summed E-state index contributed by atoms with van der Waals surface area (Å²) in [5.41, 5.74) is 5.93. The molecular weight excluding hydrogens is 350 g/mol. The smallest absolute Gasteiger partial charge is 0.229 e. The summed E-state index contributed by atoms with van der Waals surface area (Å²) in [4.78, 5) is 5.74. The molecule has 1 heterocycles. The number of rotatable bonds is 4. The van der Waals surface area contributed by atoms with Crippen LogP contribution in [0, 0.1) is 0 Å². The molecule has 1 aromatic carbocycles. The quantitative estimate of drug-likeness (QED) is 0.823. The van der Waals surface area contributed by atoms with Crippen molar-refractivity contribution in [3.63, 3.8) is 0 Å². The van der Waals surface area contributed by atoms with E-state index < -0.39 is 0 Å². The van der Waals surface area contributed by atoms with Gasteiger partial charge in [-0.05, 0) is 53.7 Å². The molecular formula is C15H18BrN3OS. The number of hydrogen-bond acceptors (Lipinski definition) is 5. The van der Waals surface area contributed by atoms with Crippen LogP contribution in [0.3, 0.4) is 0 Å². The van der Waals surface area contributed by atoms with E-state index >= 15 is 0 Å². The topological polar surface area (TPSA) is 64.9 Å². The van der Waals surface area contributed by atoms with Gasteiger partial charge in [-0.3, -0.25) is 0 Å². The van der Waals surface area contributed by atoms with Crippen LogP contribution in [0.2, 0.25) is 0 Å². The Balaban J connectivity index is 1.59. The summed E-state index contributed by atoms with van der Waals surface area (Å²) in [5, 5.41) is 4.10. The molecule has 1 fully saturated rings. The van der Waals surface area contributed by atoms with Crippen LogP contribution in [0.1, 0.15) is 43.3 Å². The summed E-state index contributed by atoms with van der Waals surface area (Å²) >= 11 is 5.25. The predicted octanol–water partition coefficient (Wildman–Crippen LogP) is 4.11. The van der Waals surface area contributed by atoms with Crippen LogP contribution >= 0.6 is 27.7 Å². The summed E-state index contributed by atoms with van der Waals surface area (Å²) in [7, 11) is 0. The molecule has 1 saturated carbocycles. The van der Waals surface area contributed by atoms with Crippen LogP contribution in [0.4, 0.5) is 0 Å². The van der Waals surface area contributed by atoms with Crippen LogP contribution in [-0.2, 0) is 5.75 Å². The van der Waals surface area contributed by atoms with E-state index in [4.69, 9.17) is 10.3 Å². The van der Waals surface area contributed by atoms with Crippen molar-refractivity contribution in [1.29, 1.82) is 0 Å². The lowest BCUT2D eigenvalue weighted by atomic mass is 9.86. The van der Waals surface area contributed by atoms with E-state index in [1.807, 2.05) is 18.2 Å². The van der Waals surface area contributed by atoms with Crippen molar-refractivity contribution in [1.82, 2.24) is 10.1 Å². The summed E-state index contributed by atoms with van der Waals surface area (Å²) < 4.78 is 6.53. The molecule has 6 heteroatoms. The first-order valence-corrected chi connectivity index (χ1v) is 8.95. The maximum atomic E-state index is 5.93. The Hall–Kier alpha value is -0.850. The average molecular weight is 368 g/mol. The number of benzene rings is 1. The van der Waals surface area contributed by atoms with Crippen LogP contribution < -0.4 is 5.73 Å². The first-order chi connectivity index (χ1) is 10.2. The Morgan fingerprint density at radius 3 is 2.76 bits per heavy atom. The van der Waals surface area contributed by atoms with Gasteiger partial charge in [-0.25, -0.2) is 0 Å². The maximum Gasteiger partial charge on any atom is 0.229 e. The molecule has 0 aliphatic heterocycles. The molecule has 0 spiro atoms. The maximum absolute atomic E-state index is 5.93. The predicted molar refractivity (Wildman–Crippen MR) is 87.2 cm³/mol. The van der Waals surface area contributed by atoms with Crippen molar-refractivity contribution in [3.05, 3.63) is 40.5 Å². The Morgan fingerprint density at radius 2 is 2.00 bits per heavy atom. The van der Waals surface area contributed by atoms with Crippen molar-refractivity contribution in [2.45, 2.75) is 48.3 Å². The van der Waals surface area contributed by atoms with E-state index in [9.17, 15) is 0 Å². The van der Waals surface area contributed by atoms with Crippen molar-refractivity contribution in [2.75, 3.05) is 0 Å². The Bertz CT molecular complexity index is 596. The first-order valence-electron chi connectivity index (χ1n) is 7.18. The molecule has 1 aliphatic carbocycles. The van der Waals surface area contributed by atoms with Gasteiger partial charge in [0.1, 0.15) is 0 Å². The van der Waals surface area contributed by atoms with Gasteiger partial charge < -0.3 is 10.3 Å². The zero-order valence-electron chi connectivity index (χ0n) is 11.7. The van der Waals surface area contributed by atoms with E-state index in [1.54, 1.807) is 11.8 Å². The van der Waals surface area contributed by atoms with E-state index in [0.29, 0.717) is 12.0 Å². The molecule has 3 rings (SSSR count). The van der Waals surface area contributed by atoms with Gasteiger partial charge in [0, 0.05) is 21.3 Å². The van der Waals surface area contributed by atoms with Gasteiger partial charge in [0.25, 0.3) is 0 Å². The summed E-state index contributed by atoms with van der Waals surface area (Å²) in [6.07, 6.45) is 4.21. The molecule has 0 unspecified atom stereocenters. The second kappa shape index (κ2) is 6.94. The molecule has 2 N–H and O–H groups in total. The molecule has 0 bridgehead atoms. The molecule has 1 aliphatic rings. The van der Waals surface area contributed by atoms with Gasteiger partial charge in [0.05, 0.1) is 5.75 Å². The van der Waals surface area contributed by atoms with Crippen molar-refractivity contribution in [3.8, 4) is 0 Å². The third-order valence-electron chi connectivity index (χ3n) is 3.80. The first kappa shape index (κ1) is 15.1. The molecule has 0 saturated heterocycles. The van der Waals surface area contributed by atoms with Gasteiger partial charge in [-0.1, -0.05) is 17.3 Å². The molecule has 112 valence electrons. The number of nitrogens with zero attached hydrogens (tertiary/aromatic N) is 2. The summed E-state index contributed by atoms with van der Waals surface area (Å²) in [5.74, 6) is 2.66. The number of aromatic nitrogens is 2. The fourth-order valence-corrected chi connectivity index (χ4v) is 3.97. The zero-order chi connectivity index (χ0) is 14.7. The van der Waals surface area contributed by atoms with Crippen LogP contribution in [0.5, 0.6) is 0 Å². The standard InChI is InChI=1S/C15H18BrN3OS/c16-12-3-1-2-4-13(12)21-9-14-18-15(20-19-14)10-5-7-11(17)8-6-10/h1-4,10-11H,5-9,17H2.